The van der Waals surface area contributed by atoms with Gasteiger partial charge >= 0.3 is 0 Å². The average Bonchev–Trinajstić information content (AvgIpc) is 2.83. The number of hydrogen-bond acceptors (Lipinski definition) is 4. The van der Waals surface area contributed by atoms with Crippen LogP contribution in [-0.2, 0) is 17.8 Å². The summed E-state index contributed by atoms with van der Waals surface area (Å²) in [7, 11) is 0. The van der Waals surface area contributed by atoms with E-state index in [0.29, 0.717) is 40.9 Å². The van der Waals surface area contributed by atoms with Crippen LogP contribution >= 0.6 is 0 Å². The Hall–Kier alpha value is -4.26. The number of amides is 2. The molecule has 0 spiro atoms. The van der Waals surface area contributed by atoms with Gasteiger partial charge in [0.2, 0.25) is 5.91 Å². The van der Waals surface area contributed by atoms with Crippen LogP contribution in [0.4, 0.5) is 0 Å². The quantitative estimate of drug-likeness (QED) is 0.532. The summed E-state index contributed by atoms with van der Waals surface area (Å²) in [5.41, 5.74) is 9.17. The summed E-state index contributed by atoms with van der Waals surface area (Å²) in [4.78, 5) is 44.5. The normalized spacial score (nSPS) is 15.3. The van der Waals surface area contributed by atoms with Gasteiger partial charge in [-0.2, -0.15) is 0 Å². The summed E-state index contributed by atoms with van der Waals surface area (Å²) in [6, 6.07) is 21.0. The molecule has 2 heterocycles. The maximum atomic E-state index is 13.3. The van der Waals surface area contributed by atoms with E-state index in [9.17, 15) is 14.4 Å². The molecule has 0 saturated carbocycles. The predicted octanol–water partition coefficient (Wildman–Crippen LogP) is 2.75. The number of nitrogens with zero attached hydrogens (tertiary/aromatic N) is 3. The van der Waals surface area contributed by atoms with Crippen LogP contribution in [0.5, 0.6) is 0 Å². The van der Waals surface area contributed by atoms with Crippen molar-refractivity contribution in [1.82, 2.24) is 14.5 Å². The highest BCUT2D eigenvalue weighted by Gasteiger charge is 2.33. The van der Waals surface area contributed by atoms with E-state index < -0.39 is 11.9 Å². The van der Waals surface area contributed by atoms with Crippen molar-refractivity contribution in [3.63, 3.8) is 0 Å². The lowest BCUT2D eigenvalue weighted by atomic mass is 9.93. The highest BCUT2D eigenvalue weighted by atomic mass is 16.2. The van der Waals surface area contributed by atoms with E-state index in [0.717, 1.165) is 11.1 Å². The molecule has 1 unspecified atom stereocenters. The molecule has 0 bridgehead atoms. The average molecular weight is 438 g/mol. The Morgan fingerprint density at radius 2 is 1.61 bits per heavy atom. The number of rotatable bonds is 3. The number of fused-ring (bicyclic) bond motifs is 2. The second-order valence-electron chi connectivity index (χ2n) is 8.19. The van der Waals surface area contributed by atoms with Crippen LogP contribution < -0.4 is 11.3 Å². The van der Waals surface area contributed by atoms with Crippen LogP contribution in [0.25, 0.3) is 16.6 Å². The van der Waals surface area contributed by atoms with E-state index in [2.05, 4.69) is 4.98 Å². The fraction of sp³-hybridized carbons (Fsp3) is 0.154. The van der Waals surface area contributed by atoms with Crippen molar-refractivity contribution in [3.05, 3.63) is 106 Å². The molecule has 1 aliphatic heterocycles. The van der Waals surface area contributed by atoms with Gasteiger partial charge in [0, 0.05) is 18.5 Å². The van der Waals surface area contributed by atoms with Crippen molar-refractivity contribution in [1.29, 1.82) is 0 Å². The third-order valence-electron chi connectivity index (χ3n) is 6.15. The molecule has 1 aliphatic rings. The Morgan fingerprint density at radius 1 is 0.939 bits per heavy atom. The largest absolute Gasteiger partial charge is 0.368 e. The van der Waals surface area contributed by atoms with E-state index in [4.69, 9.17) is 5.73 Å². The van der Waals surface area contributed by atoms with Gasteiger partial charge in [-0.3, -0.25) is 19.0 Å². The summed E-state index contributed by atoms with van der Waals surface area (Å²) in [6.07, 6.45) is 0.396. The summed E-state index contributed by atoms with van der Waals surface area (Å²) < 4.78 is 1.53. The second kappa shape index (κ2) is 8.02. The van der Waals surface area contributed by atoms with Crippen LogP contribution in [0.2, 0.25) is 0 Å². The molecule has 1 atom stereocenters. The zero-order chi connectivity index (χ0) is 23.1. The molecule has 4 aromatic rings. The van der Waals surface area contributed by atoms with Gasteiger partial charge in [-0.15, -0.1) is 0 Å². The summed E-state index contributed by atoms with van der Waals surface area (Å²) in [6.45, 7) is 2.09. The molecule has 0 saturated heterocycles. The van der Waals surface area contributed by atoms with Crippen LogP contribution in [0.3, 0.4) is 0 Å². The van der Waals surface area contributed by atoms with Crippen molar-refractivity contribution in [2.45, 2.75) is 25.9 Å². The van der Waals surface area contributed by atoms with Gasteiger partial charge in [-0.25, -0.2) is 4.98 Å². The summed E-state index contributed by atoms with van der Waals surface area (Å²) in [5.74, 6) is -0.251. The van der Waals surface area contributed by atoms with Crippen molar-refractivity contribution >= 4 is 22.7 Å². The lowest BCUT2D eigenvalue weighted by molar-refractivity contribution is -0.122. The number of carbonyl (C=O) groups is 2. The SMILES string of the molecule is Cc1nc2ccccc2c(=O)n1-c1ccc(C(=O)N2Cc3ccccc3CC2C(N)=O)cc1. The third kappa shape index (κ3) is 3.57. The zero-order valence-electron chi connectivity index (χ0n) is 18.1. The Bertz CT molecular complexity index is 1460. The molecule has 0 aliphatic carbocycles. The van der Waals surface area contributed by atoms with Crippen molar-refractivity contribution in [2.75, 3.05) is 0 Å². The third-order valence-corrected chi connectivity index (χ3v) is 6.15. The number of primary amides is 1. The van der Waals surface area contributed by atoms with Crippen LogP contribution in [0.15, 0.2) is 77.6 Å². The number of nitrogens with two attached hydrogens (primary N) is 1. The van der Waals surface area contributed by atoms with E-state index >= 15 is 0 Å². The molecule has 3 aromatic carbocycles. The molecule has 2 N–H and O–H groups in total. The Kier molecular flexibility index (Phi) is 5.01. The Labute approximate surface area is 190 Å². The molecular formula is C26H22N4O3. The van der Waals surface area contributed by atoms with E-state index in [-0.39, 0.29) is 11.5 Å². The van der Waals surface area contributed by atoms with E-state index in [1.54, 1.807) is 43.3 Å². The van der Waals surface area contributed by atoms with Crippen molar-refractivity contribution in [2.24, 2.45) is 5.73 Å². The topological polar surface area (TPSA) is 98.3 Å². The minimum absolute atomic E-state index is 0.168. The van der Waals surface area contributed by atoms with Gasteiger partial charge in [-0.1, -0.05) is 36.4 Å². The number of benzene rings is 3. The predicted molar refractivity (Wildman–Crippen MR) is 125 cm³/mol. The highest BCUT2D eigenvalue weighted by molar-refractivity contribution is 5.98. The van der Waals surface area contributed by atoms with Crippen molar-refractivity contribution in [3.8, 4) is 5.69 Å². The maximum Gasteiger partial charge on any atom is 0.265 e. The number of carbonyl (C=O) groups excluding carboxylic acids is 2. The second-order valence-corrected chi connectivity index (χ2v) is 8.19. The van der Waals surface area contributed by atoms with Crippen LogP contribution in [0, 0.1) is 6.92 Å². The van der Waals surface area contributed by atoms with Crippen molar-refractivity contribution < 1.29 is 9.59 Å². The first-order valence-electron chi connectivity index (χ1n) is 10.7. The first-order chi connectivity index (χ1) is 15.9. The Balaban J connectivity index is 1.49. The fourth-order valence-electron chi connectivity index (χ4n) is 4.46. The first-order valence-corrected chi connectivity index (χ1v) is 10.7. The highest BCUT2D eigenvalue weighted by Crippen LogP contribution is 2.25. The van der Waals surface area contributed by atoms with Crippen LogP contribution in [0.1, 0.15) is 27.3 Å². The number of aromatic nitrogens is 2. The smallest absolute Gasteiger partial charge is 0.265 e. The molecule has 0 radical (unpaired) electrons. The molecule has 0 fully saturated rings. The monoisotopic (exact) mass is 438 g/mol. The van der Waals surface area contributed by atoms with Gasteiger partial charge in [0.05, 0.1) is 16.6 Å². The molecular weight excluding hydrogens is 416 g/mol. The summed E-state index contributed by atoms with van der Waals surface area (Å²) >= 11 is 0. The zero-order valence-corrected chi connectivity index (χ0v) is 18.1. The van der Waals surface area contributed by atoms with Gasteiger partial charge in [0.15, 0.2) is 0 Å². The first kappa shape index (κ1) is 20.6. The van der Waals surface area contributed by atoms with E-state index in [1.165, 1.54) is 9.47 Å². The lowest BCUT2D eigenvalue weighted by Gasteiger charge is -2.35. The van der Waals surface area contributed by atoms with E-state index in [1.807, 2.05) is 36.4 Å². The molecule has 2 amide bonds. The number of para-hydroxylation sites is 1. The standard InChI is InChI=1S/C26H22N4O3/c1-16-28-22-9-5-4-8-21(22)26(33)30(16)20-12-10-17(11-13-20)25(32)29-15-19-7-3-2-6-18(19)14-23(29)24(27)31/h2-13,23H,14-15H2,1H3,(H2,27,31). The van der Waals surface area contributed by atoms with Gasteiger partial charge in [0.1, 0.15) is 11.9 Å². The lowest BCUT2D eigenvalue weighted by Crippen LogP contribution is -2.51. The molecule has 1 aromatic heterocycles. The molecule has 33 heavy (non-hydrogen) atoms. The minimum Gasteiger partial charge on any atom is -0.368 e. The van der Waals surface area contributed by atoms with Crippen LogP contribution in [-0.4, -0.2) is 32.3 Å². The maximum absolute atomic E-state index is 13.3. The van der Waals surface area contributed by atoms with Gasteiger partial charge in [0.25, 0.3) is 11.5 Å². The fourth-order valence-corrected chi connectivity index (χ4v) is 4.46. The summed E-state index contributed by atoms with van der Waals surface area (Å²) in [5, 5.41) is 0.527. The molecule has 164 valence electrons. The van der Waals surface area contributed by atoms with Gasteiger partial charge < -0.3 is 10.6 Å². The molecule has 7 heteroatoms. The minimum atomic E-state index is -0.707. The number of hydrogen-bond donors (Lipinski definition) is 1. The van der Waals surface area contributed by atoms with Gasteiger partial charge in [-0.05, 0) is 54.4 Å². The number of aryl methyl sites for hydroxylation is 1. The molecule has 5 rings (SSSR count). The molecule has 7 nitrogen and oxygen atoms in total. The Morgan fingerprint density at radius 3 is 2.33 bits per heavy atom.